The van der Waals surface area contributed by atoms with Crippen molar-refractivity contribution in [3.05, 3.63) is 23.1 Å². The SMILES string of the molecule is C=CCNC(=O)c1sc(N2CCSCC2)c(C#N)c1N. The van der Waals surface area contributed by atoms with Crippen LogP contribution in [0, 0.1) is 11.3 Å². The van der Waals surface area contributed by atoms with E-state index in [0.29, 0.717) is 17.0 Å². The highest BCUT2D eigenvalue weighted by atomic mass is 32.2. The Balaban J connectivity index is 2.31. The Morgan fingerprint density at radius 3 is 2.85 bits per heavy atom. The smallest absolute Gasteiger partial charge is 0.263 e. The number of thiophene rings is 1. The van der Waals surface area contributed by atoms with E-state index < -0.39 is 0 Å². The monoisotopic (exact) mass is 308 g/mol. The van der Waals surface area contributed by atoms with Crippen LogP contribution in [0.3, 0.4) is 0 Å². The molecule has 0 bridgehead atoms. The third-order valence-electron chi connectivity index (χ3n) is 2.95. The van der Waals surface area contributed by atoms with Gasteiger partial charge in [-0.1, -0.05) is 6.08 Å². The quantitative estimate of drug-likeness (QED) is 0.827. The number of hydrogen-bond donors (Lipinski definition) is 2. The fraction of sp³-hybridized carbons (Fsp3) is 0.385. The van der Waals surface area contributed by atoms with Crippen molar-refractivity contribution in [2.24, 2.45) is 0 Å². The van der Waals surface area contributed by atoms with Crippen molar-refractivity contribution in [2.75, 3.05) is 41.8 Å². The summed E-state index contributed by atoms with van der Waals surface area (Å²) in [6, 6.07) is 2.13. The van der Waals surface area contributed by atoms with Gasteiger partial charge in [-0.25, -0.2) is 0 Å². The number of anilines is 2. The first-order valence-electron chi connectivity index (χ1n) is 6.23. The normalized spacial score (nSPS) is 14.7. The highest BCUT2D eigenvalue weighted by Crippen LogP contribution is 2.38. The van der Waals surface area contributed by atoms with E-state index in [1.165, 1.54) is 11.3 Å². The maximum absolute atomic E-state index is 12.0. The molecular weight excluding hydrogens is 292 g/mol. The van der Waals surface area contributed by atoms with Crippen LogP contribution in [0.15, 0.2) is 12.7 Å². The highest BCUT2D eigenvalue weighted by Gasteiger charge is 2.25. The topological polar surface area (TPSA) is 82.2 Å². The summed E-state index contributed by atoms with van der Waals surface area (Å²) < 4.78 is 0. The second-order valence-corrected chi connectivity index (χ2v) is 6.46. The molecule has 1 aliphatic rings. The predicted molar refractivity (Wildman–Crippen MR) is 85.5 cm³/mol. The molecule has 0 spiro atoms. The maximum Gasteiger partial charge on any atom is 0.263 e. The zero-order valence-electron chi connectivity index (χ0n) is 11.0. The van der Waals surface area contributed by atoms with Gasteiger partial charge in [-0.2, -0.15) is 17.0 Å². The lowest BCUT2D eigenvalue weighted by Gasteiger charge is -2.27. The van der Waals surface area contributed by atoms with Crippen LogP contribution in [0.1, 0.15) is 15.2 Å². The summed E-state index contributed by atoms with van der Waals surface area (Å²) >= 11 is 3.19. The number of nitrogens with one attached hydrogen (secondary N) is 1. The first kappa shape index (κ1) is 14.8. The Labute approximate surface area is 126 Å². The number of nitrogens with zero attached hydrogens (tertiary/aromatic N) is 2. The zero-order chi connectivity index (χ0) is 14.5. The molecule has 5 nitrogen and oxygen atoms in total. The number of nitrogen functional groups attached to an aromatic ring is 1. The summed E-state index contributed by atoms with van der Waals surface area (Å²) in [5, 5.41) is 12.8. The standard InChI is InChI=1S/C13H16N4OS2/c1-2-3-16-12(18)11-10(15)9(8-14)13(20-11)17-4-6-19-7-5-17/h2H,1,3-7,15H2,(H,16,18). The molecule has 1 aliphatic heterocycles. The largest absolute Gasteiger partial charge is 0.396 e. The fourth-order valence-electron chi connectivity index (χ4n) is 1.94. The van der Waals surface area contributed by atoms with Crippen molar-refractivity contribution in [1.82, 2.24) is 5.32 Å². The van der Waals surface area contributed by atoms with Gasteiger partial charge in [-0.05, 0) is 0 Å². The van der Waals surface area contributed by atoms with E-state index in [0.717, 1.165) is 29.6 Å². The van der Waals surface area contributed by atoms with E-state index in [2.05, 4.69) is 22.9 Å². The van der Waals surface area contributed by atoms with Crippen LogP contribution in [-0.2, 0) is 0 Å². The molecule has 7 heteroatoms. The first-order chi connectivity index (χ1) is 9.69. The average molecular weight is 308 g/mol. The molecule has 1 fully saturated rings. The van der Waals surface area contributed by atoms with Gasteiger partial charge < -0.3 is 16.0 Å². The van der Waals surface area contributed by atoms with Crippen molar-refractivity contribution in [1.29, 1.82) is 5.26 Å². The molecule has 1 aromatic heterocycles. The van der Waals surface area contributed by atoms with Crippen LogP contribution in [0.5, 0.6) is 0 Å². The highest BCUT2D eigenvalue weighted by molar-refractivity contribution is 7.99. The number of carbonyl (C=O) groups is 1. The minimum Gasteiger partial charge on any atom is -0.396 e. The Bertz CT molecular complexity index is 555. The Morgan fingerprint density at radius 2 is 2.25 bits per heavy atom. The summed E-state index contributed by atoms with van der Waals surface area (Å²) in [5.41, 5.74) is 6.67. The van der Waals surface area contributed by atoms with Crippen molar-refractivity contribution in [3.63, 3.8) is 0 Å². The van der Waals surface area contributed by atoms with Gasteiger partial charge in [0.1, 0.15) is 21.5 Å². The second kappa shape index (κ2) is 6.68. The lowest BCUT2D eigenvalue weighted by molar-refractivity contribution is 0.0963. The third-order valence-corrected chi connectivity index (χ3v) is 5.16. The van der Waals surface area contributed by atoms with Gasteiger partial charge in [0.25, 0.3) is 5.91 Å². The van der Waals surface area contributed by atoms with Crippen LogP contribution < -0.4 is 16.0 Å². The van der Waals surface area contributed by atoms with Crippen molar-refractivity contribution in [3.8, 4) is 6.07 Å². The summed E-state index contributed by atoms with van der Waals surface area (Å²) in [7, 11) is 0. The summed E-state index contributed by atoms with van der Waals surface area (Å²) in [4.78, 5) is 14.6. The van der Waals surface area contributed by atoms with Gasteiger partial charge in [-0.3, -0.25) is 4.79 Å². The molecule has 3 N–H and O–H groups in total. The van der Waals surface area contributed by atoms with E-state index in [4.69, 9.17) is 5.73 Å². The molecule has 0 aromatic carbocycles. The Kier molecular flexibility index (Phi) is 4.93. The number of nitrogens with two attached hydrogens (primary N) is 1. The average Bonchev–Trinajstić information content (AvgIpc) is 2.82. The number of amides is 1. The van der Waals surface area contributed by atoms with E-state index in [9.17, 15) is 10.1 Å². The first-order valence-corrected chi connectivity index (χ1v) is 8.20. The maximum atomic E-state index is 12.0. The van der Waals surface area contributed by atoms with Gasteiger partial charge >= 0.3 is 0 Å². The summed E-state index contributed by atoms with van der Waals surface area (Å²) in [6.07, 6.45) is 1.61. The third kappa shape index (κ3) is 2.92. The molecule has 0 unspecified atom stereocenters. The lowest BCUT2D eigenvalue weighted by Crippen LogP contribution is -2.32. The number of rotatable bonds is 4. The van der Waals surface area contributed by atoms with E-state index >= 15 is 0 Å². The molecule has 1 saturated heterocycles. The predicted octanol–water partition coefficient (Wildman–Crippen LogP) is 1.67. The molecule has 0 saturated carbocycles. The Morgan fingerprint density at radius 1 is 1.55 bits per heavy atom. The van der Waals surface area contributed by atoms with Gasteiger partial charge in [0.05, 0.1) is 5.69 Å². The molecule has 0 aliphatic carbocycles. The van der Waals surface area contributed by atoms with E-state index in [-0.39, 0.29) is 11.6 Å². The van der Waals surface area contributed by atoms with Crippen molar-refractivity contribution >= 4 is 39.7 Å². The minimum absolute atomic E-state index is 0.249. The number of hydrogen-bond acceptors (Lipinski definition) is 6. The molecule has 20 heavy (non-hydrogen) atoms. The van der Waals surface area contributed by atoms with Gasteiger partial charge in [0, 0.05) is 31.1 Å². The number of carbonyl (C=O) groups excluding carboxylic acids is 1. The minimum atomic E-state index is -0.249. The van der Waals surface area contributed by atoms with Crippen LogP contribution in [-0.4, -0.2) is 37.0 Å². The summed E-state index contributed by atoms with van der Waals surface area (Å²) in [5.74, 6) is 1.81. The Hall–Kier alpha value is -1.65. The molecule has 0 radical (unpaired) electrons. The number of thioether (sulfide) groups is 1. The second-order valence-electron chi connectivity index (χ2n) is 4.23. The van der Waals surface area contributed by atoms with Crippen LogP contribution in [0.2, 0.25) is 0 Å². The van der Waals surface area contributed by atoms with Gasteiger partial charge in [-0.15, -0.1) is 17.9 Å². The molecular formula is C13H16N4OS2. The molecule has 106 valence electrons. The van der Waals surface area contributed by atoms with Crippen molar-refractivity contribution < 1.29 is 4.79 Å². The van der Waals surface area contributed by atoms with Gasteiger partial charge in [0.15, 0.2) is 0 Å². The van der Waals surface area contributed by atoms with Crippen LogP contribution in [0.25, 0.3) is 0 Å². The molecule has 2 heterocycles. The number of nitriles is 1. The lowest BCUT2D eigenvalue weighted by atomic mass is 10.2. The fourth-order valence-corrected chi connectivity index (χ4v) is 3.99. The van der Waals surface area contributed by atoms with E-state index in [1.807, 2.05) is 11.8 Å². The van der Waals surface area contributed by atoms with E-state index in [1.54, 1.807) is 6.08 Å². The van der Waals surface area contributed by atoms with Gasteiger partial charge in [0.2, 0.25) is 0 Å². The summed E-state index contributed by atoms with van der Waals surface area (Å²) in [6.45, 7) is 5.70. The van der Waals surface area contributed by atoms with Crippen LogP contribution in [0.4, 0.5) is 10.7 Å². The van der Waals surface area contributed by atoms with Crippen molar-refractivity contribution in [2.45, 2.75) is 0 Å². The zero-order valence-corrected chi connectivity index (χ0v) is 12.6. The molecule has 0 atom stereocenters. The van der Waals surface area contributed by atoms with Crippen LogP contribution >= 0.6 is 23.1 Å². The molecule has 1 amide bonds. The molecule has 2 rings (SSSR count). The molecule has 1 aromatic rings.